The third-order valence-electron chi connectivity index (χ3n) is 3.84. The summed E-state index contributed by atoms with van der Waals surface area (Å²) >= 11 is 1.49. The van der Waals surface area contributed by atoms with E-state index in [1.807, 2.05) is 18.2 Å². The second kappa shape index (κ2) is 6.96. The number of rotatable bonds is 6. The third kappa shape index (κ3) is 3.29. The molecule has 0 radical (unpaired) electrons. The Morgan fingerprint density at radius 3 is 2.57 bits per heavy atom. The van der Waals surface area contributed by atoms with Gasteiger partial charge in [0.15, 0.2) is 11.4 Å². The zero-order valence-electron chi connectivity index (χ0n) is 13.6. The highest BCUT2D eigenvalue weighted by Crippen LogP contribution is 2.33. The first-order valence-corrected chi connectivity index (χ1v) is 8.54. The zero-order chi connectivity index (χ0) is 16.2. The van der Waals surface area contributed by atoms with Crippen LogP contribution in [0.1, 0.15) is 25.0 Å². The lowest BCUT2D eigenvalue weighted by Gasteiger charge is -2.09. The third-order valence-corrected chi connectivity index (χ3v) is 4.67. The monoisotopic (exact) mass is 328 g/mol. The quantitative estimate of drug-likeness (QED) is 0.639. The maximum Gasteiger partial charge on any atom is 0.187 e. The lowest BCUT2D eigenvalue weighted by Crippen LogP contribution is -1.93. The van der Waals surface area contributed by atoms with Crippen LogP contribution in [0.15, 0.2) is 45.8 Å². The molecule has 120 valence electrons. The smallest absolute Gasteiger partial charge is 0.187 e. The standard InChI is InChI=1S/C18H20N2O2S/c1-4-12-6-8-14-16(10-12)22-19-18(14)20-23-17-11-13(5-2)7-9-15(17)21-3/h6-11H,4-5H2,1-3H3,(H,19,20). The first-order chi connectivity index (χ1) is 11.2. The summed E-state index contributed by atoms with van der Waals surface area (Å²) in [5, 5.41) is 5.12. The zero-order valence-corrected chi connectivity index (χ0v) is 14.4. The van der Waals surface area contributed by atoms with Gasteiger partial charge in [-0.2, -0.15) is 0 Å². The highest BCUT2D eigenvalue weighted by atomic mass is 32.2. The number of aryl methyl sites for hydroxylation is 2. The summed E-state index contributed by atoms with van der Waals surface area (Å²) in [5.41, 5.74) is 3.32. The summed E-state index contributed by atoms with van der Waals surface area (Å²) in [5.74, 6) is 1.58. The largest absolute Gasteiger partial charge is 0.496 e. The van der Waals surface area contributed by atoms with Crippen molar-refractivity contribution in [3.63, 3.8) is 0 Å². The number of fused-ring (bicyclic) bond motifs is 1. The second-order valence-corrected chi connectivity index (χ2v) is 6.11. The minimum atomic E-state index is 0.733. The number of ether oxygens (including phenoxy) is 1. The molecule has 0 bridgehead atoms. The molecule has 1 N–H and O–H groups in total. The van der Waals surface area contributed by atoms with E-state index in [1.54, 1.807) is 7.11 Å². The summed E-state index contributed by atoms with van der Waals surface area (Å²) in [4.78, 5) is 1.04. The minimum Gasteiger partial charge on any atom is -0.496 e. The number of nitrogens with one attached hydrogen (secondary N) is 1. The Balaban J connectivity index is 1.83. The van der Waals surface area contributed by atoms with E-state index in [1.165, 1.54) is 23.1 Å². The molecule has 0 saturated heterocycles. The van der Waals surface area contributed by atoms with Gasteiger partial charge < -0.3 is 14.0 Å². The minimum absolute atomic E-state index is 0.733. The molecule has 3 rings (SSSR count). The van der Waals surface area contributed by atoms with Crippen LogP contribution in [0.4, 0.5) is 5.82 Å². The molecule has 0 aliphatic heterocycles. The molecule has 0 amide bonds. The average Bonchev–Trinajstić information content (AvgIpc) is 3.01. The van der Waals surface area contributed by atoms with Crippen LogP contribution in [0.2, 0.25) is 0 Å². The van der Waals surface area contributed by atoms with E-state index in [2.05, 4.69) is 41.9 Å². The summed E-state index contributed by atoms with van der Waals surface area (Å²) in [7, 11) is 1.68. The van der Waals surface area contributed by atoms with Crippen molar-refractivity contribution in [1.29, 1.82) is 0 Å². The Morgan fingerprint density at radius 2 is 1.83 bits per heavy atom. The number of benzene rings is 2. The van der Waals surface area contributed by atoms with Crippen LogP contribution in [0.25, 0.3) is 11.0 Å². The van der Waals surface area contributed by atoms with Crippen LogP contribution >= 0.6 is 11.9 Å². The number of anilines is 1. The van der Waals surface area contributed by atoms with Gasteiger partial charge in [0.2, 0.25) is 0 Å². The number of hydrogen-bond acceptors (Lipinski definition) is 5. The summed E-state index contributed by atoms with van der Waals surface area (Å²) in [6, 6.07) is 12.4. The molecular formula is C18H20N2O2S. The summed E-state index contributed by atoms with van der Waals surface area (Å²) in [6.45, 7) is 4.26. The predicted molar refractivity (Wildman–Crippen MR) is 95.2 cm³/mol. The molecule has 4 nitrogen and oxygen atoms in total. The van der Waals surface area contributed by atoms with E-state index in [9.17, 15) is 0 Å². The van der Waals surface area contributed by atoms with Crippen LogP contribution < -0.4 is 9.46 Å². The number of hydrogen-bond donors (Lipinski definition) is 1. The average molecular weight is 328 g/mol. The van der Waals surface area contributed by atoms with Crippen molar-refractivity contribution in [2.45, 2.75) is 31.6 Å². The van der Waals surface area contributed by atoms with Crippen LogP contribution in [0.5, 0.6) is 5.75 Å². The molecule has 2 aromatic carbocycles. The van der Waals surface area contributed by atoms with Gasteiger partial charge in [0.05, 0.1) is 17.4 Å². The van der Waals surface area contributed by atoms with Crippen molar-refractivity contribution < 1.29 is 9.26 Å². The second-order valence-electron chi connectivity index (χ2n) is 5.26. The Labute approximate surface area is 140 Å². The first kappa shape index (κ1) is 15.7. The molecule has 1 heterocycles. The Kier molecular flexibility index (Phi) is 4.76. The molecule has 23 heavy (non-hydrogen) atoms. The maximum atomic E-state index is 5.43. The van der Waals surface area contributed by atoms with Gasteiger partial charge in [0.25, 0.3) is 0 Å². The highest BCUT2D eigenvalue weighted by molar-refractivity contribution is 8.00. The molecule has 1 aromatic heterocycles. The molecule has 3 aromatic rings. The molecule has 0 unspecified atom stereocenters. The summed E-state index contributed by atoms with van der Waals surface area (Å²) < 4.78 is 14.1. The molecule has 0 aliphatic carbocycles. The van der Waals surface area contributed by atoms with Gasteiger partial charge in [-0.05, 0) is 60.2 Å². The van der Waals surface area contributed by atoms with E-state index < -0.39 is 0 Å². The van der Waals surface area contributed by atoms with E-state index >= 15 is 0 Å². The van der Waals surface area contributed by atoms with Crippen LogP contribution in [0.3, 0.4) is 0 Å². The van der Waals surface area contributed by atoms with Crippen molar-refractivity contribution in [1.82, 2.24) is 5.16 Å². The van der Waals surface area contributed by atoms with Gasteiger partial charge >= 0.3 is 0 Å². The Morgan fingerprint density at radius 1 is 1.09 bits per heavy atom. The molecule has 0 atom stereocenters. The predicted octanol–water partition coefficient (Wildman–Crippen LogP) is 5.08. The van der Waals surface area contributed by atoms with Gasteiger partial charge in [-0.1, -0.05) is 31.1 Å². The van der Waals surface area contributed by atoms with Crippen molar-refractivity contribution >= 4 is 28.7 Å². The number of aromatic nitrogens is 1. The van der Waals surface area contributed by atoms with Crippen molar-refractivity contribution in [2.24, 2.45) is 0 Å². The van der Waals surface area contributed by atoms with Gasteiger partial charge in [0, 0.05) is 0 Å². The fourth-order valence-corrected chi connectivity index (χ4v) is 3.22. The molecule has 0 fully saturated rings. The van der Waals surface area contributed by atoms with E-state index in [0.29, 0.717) is 0 Å². The van der Waals surface area contributed by atoms with Crippen LogP contribution in [-0.2, 0) is 12.8 Å². The fourth-order valence-electron chi connectivity index (χ4n) is 2.40. The SMILES string of the molecule is CCc1ccc(OC)c(SNc2noc3cc(CC)ccc23)c1. The van der Waals surface area contributed by atoms with Crippen LogP contribution in [-0.4, -0.2) is 12.3 Å². The summed E-state index contributed by atoms with van der Waals surface area (Å²) in [6.07, 6.45) is 1.97. The van der Waals surface area contributed by atoms with E-state index in [0.717, 1.165) is 40.3 Å². The van der Waals surface area contributed by atoms with Gasteiger partial charge in [-0.3, -0.25) is 0 Å². The normalized spacial score (nSPS) is 10.9. The van der Waals surface area contributed by atoms with Crippen molar-refractivity contribution in [3.05, 3.63) is 47.5 Å². The molecule has 0 aliphatic rings. The Bertz CT molecular complexity index is 814. The molecule has 5 heteroatoms. The van der Waals surface area contributed by atoms with Crippen molar-refractivity contribution in [3.8, 4) is 5.75 Å². The van der Waals surface area contributed by atoms with E-state index in [-0.39, 0.29) is 0 Å². The number of methoxy groups -OCH3 is 1. The number of nitrogens with zero attached hydrogens (tertiary/aromatic N) is 1. The van der Waals surface area contributed by atoms with Gasteiger partial charge in [0.1, 0.15) is 5.75 Å². The first-order valence-electron chi connectivity index (χ1n) is 7.73. The van der Waals surface area contributed by atoms with Gasteiger partial charge in [-0.25, -0.2) is 0 Å². The van der Waals surface area contributed by atoms with Crippen molar-refractivity contribution in [2.75, 3.05) is 11.8 Å². The van der Waals surface area contributed by atoms with E-state index in [4.69, 9.17) is 9.26 Å². The fraction of sp³-hybridized carbons (Fsp3) is 0.278. The highest BCUT2D eigenvalue weighted by Gasteiger charge is 2.11. The van der Waals surface area contributed by atoms with Crippen LogP contribution in [0, 0.1) is 0 Å². The lowest BCUT2D eigenvalue weighted by atomic mass is 10.1. The maximum absolute atomic E-state index is 5.43. The molecule has 0 spiro atoms. The molecular weight excluding hydrogens is 308 g/mol. The van der Waals surface area contributed by atoms with Gasteiger partial charge in [-0.15, -0.1) is 0 Å². The Hall–Kier alpha value is -2.14. The topological polar surface area (TPSA) is 47.3 Å². The lowest BCUT2D eigenvalue weighted by molar-refractivity contribution is 0.404. The molecule has 0 saturated carbocycles.